The Morgan fingerprint density at radius 1 is 1.28 bits per heavy atom. The smallest absolute Gasteiger partial charge is 0.309 e. The molecule has 2 atom stereocenters. The third-order valence-electron chi connectivity index (χ3n) is 5.93. The average Bonchev–Trinajstić information content (AvgIpc) is 3.33. The lowest BCUT2D eigenvalue weighted by Crippen LogP contribution is -2.50. The number of amides is 1. The van der Waals surface area contributed by atoms with Gasteiger partial charge in [-0.05, 0) is 50.0 Å². The van der Waals surface area contributed by atoms with Crippen LogP contribution in [0.2, 0.25) is 0 Å². The standard InChI is InChI=1S/C20H27NO4/c1-19(24,9-8-15-6-4-3-5-7-15)18(23)21-12-10-20(11-13-21)14-16(20)17(22)25-2/h3-7,16,24H,8-14H2,1-2H3/t16-,19+/m1/s1. The van der Waals surface area contributed by atoms with Gasteiger partial charge in [-0.3, -0.25) is 9.59 Å². The molecule has 1 spiro atoms. The summed E-state index contributed by atoms with van der Waals surface area (Å²) in [6.45, 7) is 2.82. The van der Waals surface area contributed by atoms with Crippen LogP contribution >= 0.6 is 0 Å². The maximum absolute atomic E-state index is 12.7. The molecule has 1 N–H and O–H groups in total. The van der Waals surface area contributed by atoms with Gasteiger partial charge < -0.3 is 14.7 Å². The highest BCUT2D eigenvalue weighted by molar-refractivity contribution is 5.85. The van der Waals surface area contributed by atoms with Gasteiger partial charge in [0.25, 0.3) is 5.91 Å². The minimum Gasteiger partial charge on any atom is -0.469 e. The summed E-state index contributed by atoms with van der Waals surface area (Å²) < 4.78 is 4.84. The van der Waals surface area contributed by atoms with E-state index < -0.39 is 5.60 Å². The van der Waals surface area contributed by atoms with Crippen molar-refractivity contribution in [1.82, 2.24) is 4.90 Å². The van der Waals surface area contributed by atoms with Crippen LogP contribution in [-0.4, -0.2) is 47.7 Å². The number of methoxy groups -OCH3 is 1. The molecular weight excluding hydrogens is 318 g/mol. The molecule has 1 aromatic carbocycles. The number of benzene rings is 1. The monoisotopic (exact) mass is 345 g/mol. The SMILES string of the molecule is COC(=O)[C@H]1CC12CCN(C(=O)[C@@](C)(O)CCc1ccccc1)CC2. The molecule has 0 radical (unpaired) electrons. The van der Waals surface area contributed by atoms with E-state index in [0.29, 0.717) is 25.9 Å². The second-order valence-electron chi connectivity index (χ2n) is 7.69. The summed E-state index contributed by atoms with van der Waals surface area (Å²) >= 11 is 0. The molecular formula is C20H27NO4. The summed E-state index contributed by atoms with van der Waals surface area (Å²) in [7, 11) is 1.43. The van der Waals surface area contributed by atoms with Crippen LogP contribution in [-0.2, 0) is 20.7 Å². The Kier molecular flexibility index (Phi) is 4.87. The fourth-order valence-corrected chi connectivity index (χ4v) is 4.01. The molecule has 3 rings (SSSR count). The molecule has 0 bridgehead atoms. The first-order valence-corrected chi connectivity index (χ1v) is 9.01. The van der Waals surface area contributed by atoms with E-state index in [4.69, 9.17) is 4.74 Å². The summed E-state index contributed by atoms with van der Waals surface area (Å²) in [5.41, 5.74) is -0.210. The summed E-state index contributed by atoms with van der Waals surface area (Å²) in [6.07, 6.45) is 3.57. The molecule has 5 nitrogen and oxygen atoms in total. The largest absolute Gasteiger partial charge is 0.469 e. The predicted molar refractivity (Wildman–Crippen MR) is 93.8 cm³/mol. The highest BCUT2D eigenvalue weighted by Crippen LogP contribution is 2.59. The number of carbonyl (C=O) groups excluding carboxylic acids is 2. The molecule has 1 aromatic rings. The number of aryl methyl sites for hydroxylation is 1. The van der Waals surface area contributed by atoms with Gasteiger partial charge in [0, 0.05) is 13.1 Å². The highest BCUT2D eigenvalue weighted by atomic mass is 16.5. The lowest BCUT2D eigenvalue weighted by Gasteiger charge is -2.37. The predicted octanol–water partition coefficient (Wildman–Crippen LogP) is 2.17. The van der Waals surface area contributed by atoms with Gasteiger partial charge in [-0.2, -0.15) is 0 Å². The van der Waals surface area contributed by atoms with Gasteiger partial charge in [0.2, 0.25) is 0 Å². The van der Waals surface area contributed by atoms with Gasteiger partial charge in [-0.1, -0.05) is 30.3 Å². The van der Waals surface area contributed by atoms with Gasteiger partial charge in [0.05, 0.1) is 13.0 Å². The number of rotatable bonds is 5. The first-order chi connectivity index (χ1) is 11.9. The second kappa shape index (κ2) is 6.79. The quantitative estimate of drug-likeness (QED) is 0.831. The van der Waals surface area contributed by atoms with Crippen LogP contribution in [0, 0.1) is 11.3 Å². The van der Waals surface area contributed by atoms with E-state index >= 15 is 0 Å². The zero-order chi connectivity index (χ0) is 18.1. The number of ether oxygens (including phenoxy) is 1. The summed E-state index contributed by atoms with van der Waals surface area (Å²) in [5, 5.41) is 10.7. The molecule has 2 aliphatic rings. The van der Waals surface area contributed by atoms with Crippen molar-refractivity contribution in [2.24, 2.45) is 11.3 Å². The zero-order valence-electron chi connectivity index (χ0n) is 15.0. The maximum atomic E-state index is 12.7. The molecule has 1 amide bonds. The Labute approximate surface area is 149 Å². The first-order valence-electron chi connectivity index (χ1n) is 9.01. The van der Waals surface area contributed by atoms with Crippen LogP contribution in [0.25, 0.3) is 0 Å². The van der Waals surface area contributed by atoms with E-state index in [1.54, 1.807) is 11.8 Å². The maximum Gasteiger partial charge on any atom is 0.309 e. The Morgan fingerprint density at radius 2 is 1.92 bits per heavy atom. The van der Waals surface area contributed by atoms with Gasteiger partial charge in [0.15, 0.2) is 0 Å². The Morgan fingerprint density at radius 3 is 2.52 bits per heavy atom. The van der Waals surface area contributed by atoms with E-state index in [9.17, 15) is 14.7 Å². The van der Waals surface area contributed by atoms with Crippen LogP contribution in [0.4, 0.5) is 0 Å². The Balaban J connectivity index is 1.52. The number of esters is 1. The van der Waals surface area contributed by atoms with E-state index in [1.807, 2.05) is 30.3 Å². The first kappa shape index (κ1) is 17.9. The molecule has 1 saturated heterocycles. The van der Waals surface area contributed by atoms with E-state index in [2.05, 4.69) is 0 Å². The van der Waals surface area contributed by atoms with Crippen molar-refractivity contribution in [2.75, 3.05) is 20.2 Å². The van der Waals surface area contributed by atoms with Crippen LogP contribution in [0.5, 0.6) is 0 Å². The number of piperidine rings is 1. The number of aliphatic hydroxyl groups is 1. The fraction of sp³-hybridized carbons (Fsp3) is 0.600. The molecule has 2 fully saturated rings. The summed E-state index contributed by atoms with van der Waals surface area (Å²) in [4.78, 5) is 26.2. The van der Waals surface area contributed by atoms with Crippen LogP contribution in [0.3, 0.4) is 0 Å². The lowest BCUT2D eigenvalue weighted by molar-refractivity contribution is -0.152. The molecule has 0 aromatic heterocycles. The normalized spacial score (nSPS) is 23.8. The third kappa shape index (κ3) is 3.71. The van der Waals surface area contributed by atoms with E-state index in [-0.39, 0.29) is 23.2 Å². The van der Waals surface area contributed by atoms with Gasteiger partial charge in [-0.15, -0.1) is 0 Å². The van der Waals surface area contributed by atoms with Crippen molar-refractivity contribution >= 4 is 11.9 Å². The van der Waals surface area contributed by atoms with Gasteiger partial charge in [0.1, 0.15) is 5.60 Å². The molecule has 1 aliphatic carbocycles. The second-order valence-corrected chi connectivity index (χ2v) is 7.69. The van der Waals surface area contributed by atoms with Crippen molar-refractivity contribution in [3.63, 3.8) is 0 Å². The molecule has 0 unspecified atom stereocenters. The minimum atomic E-state index is -1.36. The van der Waals surface area contributed by atoms with Crippen molar-refractivity contribution < 1.29 is 19.4 Å². The van der Waals surface area contributed by atoms with Gasteiger partial charge >= 0.3 is 5.97 Å². The minimum absolute atomic E-state index is 0.00616. The Hall–Kier alpha value is -1.88. The zero-order valence-corrected chi connectivity index (χ0v) is 15.0. The molecule has 1 saturated carbocycles. The number of hydrogen-bond donors (Lipinski definition) is 1. The number of hydrogen-bond acceptors (Lipinski definition) is 4. The third-order valence-corrected chi connectivity index (χ3v) is 5.93. The van der Waals surface area contributed by atoms with Crippen LogP contribution in [0.1, 0.15) is 38.2 Å². The Bertz CT molecular complexity index is 632. The van der Waals surface area contributed by atoms with Crippen LogP contribution in [0.15, 0.2) is 30.3 Å². The van der Waals surface area contributed by atoms with E-state index in [1.165, 1.54) is 7.11 Å². The van der Waals surface area contributed by atoms with Crippen molar-refractivity contribution in [2.45, 2.75) is 44.6 Å². The topological polar surface area (TPSA) is 66.8 Å². The summed E-state index contributed by atoms with van der Waals surface area (Å²) in [5.74, 6) is -0.337. The molecule has 136 valence electrons. The molecule has 1 heterocycles. The van der Waals surface area contributed by atoms with Crippen molar-refractivity contribution in [1.29, 1.82) is 0 Å². The summed E-state index contributed by atoms with van der Waals surface area (Å²) in [6, 6.07) is 9.89. The average molecular weight is 345 g/mol. The van der Waals surface area contributed by atoms with Crippen molar-refractivity contribution in [3.8, 4) is 0 Å². The number of nitrogens with zero attached hydrogens (tertiary/aromatic N) is 1. The molecule has 25 heavy (non-hydrogen) atoms. The van der Waals surface area contributed by atoms with Gasteiger partial charge in [-0.25, -0.2) is 0 Å². The van der Waals surface area contributed by atoms with Crippen LogP contribution < -0.4 is 0 Å². The van der Waals surface area contributed by atoms with Crippen molar-refractivity contribution in [3.05, 3.63) is 35.9 Å². The molecule has 5 heteroatoms. The number of likely N-dealkylation sites (tertiary alicyclic amines) is 1. The van der Waals surface area contributed by atoms with E-state index in [0.717, 1.165) is 24.8 Å². The highest BCUT2D eigenvalue weighted by Gasteiger charge is 2.59. The molecule has 1 aliphatic heterocycles. The lowest BCUT2D eigenvalue weighted by atomic mass is 9.88. The number of carbonyl (C=O) groups is 2. The fourth-order valence-electron chi connectivity index (χ4n) is 4.01.